The van der Waals surface area contributed by atoms with Crippen LogP contribution in [-0.4, -0.2) is 94.4 Å². The molecule has 38 heavy (non-hydrogen) atoms. The molecule has 2 saturated heterocycles. The molecule has 2 fully saturated rings. The van der Waals surface area contributed by atoms with Crippen molar-refractivity contribution in [3.05, 3.63) is 60.3 Å². The van der Waals surface area contributed by atoms with Gasteiger partial charge in [-0.05, 0) is 55.3 Å². The molecule has 9 nitrogen and oxygen atoms in total. The first-order valence-electron chi connectivity index (χ1n) is 13.5. The third-order valence-corrected chi connectivity index (χ3v) is 7.82. The van der Waals surface area contributed by atoms with Gasteiger partial charge in [0.2, 0.25) is 5.95 Å². The van der Waals surface area contributed by atoms with Crippen molar-refractivity contribution in [1.29, 1.82) is 0 Å². The fourth-order valence-electron chi connectivity index (χ4n) is 5.67. The molecule has 2 atom stereocenters. The SMILES string of the molecule is OC1CC2CCNCCN3CCN(CC3)Cc3cc(ccc3F)Nc3cc(ccn3)-c3cnc(nc3)N2C1. The van der Waals surface area contributed by atoms with Crippen molar-refractivity contribution in [2.45, 2.75) is 31.5 Å². The van der Waals surface area contributed by atoms with E-state index >= 15 is 0 Å². The highest BCUT2D eigenvalue weighted by molar-refractivity contribution is 5.68. The molecule has 200 valence electrons. The van der Waals surface area contributed by atoms with Gasteiger partial charge in [-0.2, -0.15) is 0 Å². The van der Waals surface area contributed by atoms with Crippen molar-refractivity contribution < 1.29 is 9.50 Å². The first-order valence-corrected chi connectivity index (χ1v) is 13.5. The molecule has 3 N–H and O–H groups in total. The number of nitrogens with one attached hydrogen (secondary N) is 2. The summed E-state index contributed by atoms with van der Waals surface area (Å²) in [4.78, 5) is 20.7. The molecule has 2 aromatic heterocycles. The van der Waals surface area contributed by atoms with Crippen molar-refractivity contribution in [3.63, 3.8) is 0 Å². The van der Waals surface area contributed by atoms with Crippen LogP contribution in [0.15, 0.2) is 48.9 Å². The summed E-state index contributed by atoms with van der Waals surface area (Å²) >= 11 is 0. The molecule has 2 unspecified atom stereocenters. The number of benzene rings is 1. The highest BCUT2D eigenvalue weighted by Gasteiger charge is 2.32. The molecule has 0 aliphatic carbocycles. The van der Waals surface area contributed by atoms with Gasteiger partial charge in [-0.1, -0.05) is 0 Å². The molecular weight excluding hydrogens is 483 g/mol. The lowest BCUT2D eigenvalue weighted by atomic mass is 10.1. The van der Waals surface area contributed by atoms with Crippen LogP contribution >= 0.6 is 0 Å². The van der Waals surface area contributed by atoms with Crippen LogP contribution in [-0.2, 0) is 6.54 Å². The Morgan fingerprint density at radius 2 is 1.71 bits per heavy atom. The molecule has 8 bridgehead atoms. The number of anilines is 3. The summed E-state index contributed by atoms with van der Waals surface area (Å²) in [6.45, 7) is 7.76. The number of aliphatic hydroxyl groups excluding tert-OH is 1. The van der Waals surface area contributed by atoms with Crippen molar-refractivity contribution >= 4 is 17.5 Å². The van der Waals surface area contributed by atoms with Gasteiger partial charge in [0.15, 0.2) is 0 Å². The van der Waals surface area contributed by atoms with E-state index in [1.54, 1.807) is 12.3 Å². The van der Waals surface area contributed by atoms with Crippen molar-refractivity contribution in [2.75, 3.05) is 62.6 Å². The summed E-state index contributed by atoms with van der Waals surface area (Å²) < 4.78 is 14.7. The van der Waals surface area contributed by atoms with Crippen LogP contribution in [0.4, 0.5) is 21.8 Å². The lowest BCUT2D eigenvalue weighted by Gasteiger charge is -2.35. The second-order valence-corrected chi connectivity index (χ2v) is 10.5. The third kappa shape index (κ3) is 5.78. The van der Waals surface area contributed by atoms with Crippen molar-refractivity contribution in [3.8, 4) is 11.1 Å². The molecule has 8 heterocycles. The van der Waals surface area contributed by atoms with E-state index in [-0.39, 0.29) is 18.0 Å². The van der Waals surface area contributed by atoms with Crippen LogP contribution in [0.1, 0.15) is 18.4 Å². The highest BCUT2D eigenvalue weighted by Crippen LogP contribution is 2.28. The molecule has 1 aromatic carbocycles. The molecule has 9 rings (SSSR count). The smallest absolute Gasteiger partial charge is 0.225 e. The summed E-state index contributed by atoms with van der Waals surface area (Å²) in [5.74, 6) is 1.14. The van der Waals surface area contributed by atoms with Crippen molar-refractivity contribution in [2.24, 2.45) is 0 Å². The average Bonchev–Trinajstić information content (AvgIpc) is 3.31. The molecule has 6 aliphatic heterocycles. The van der Waals surface area contributed by atoms with Crippen molar-refractivity contribution in [1.82, 2.24) is 30.1 Å². The number of aromatic nitrogens is 3. The first kappa shape index (κ1) is 25.1. The predicted octanol–water partition coefficient (Wildman–Crippen LogP) is 2.47. The maximum atomic E-state index is 14.7. The van der Waals surface area contributed by atoms with E-state index in [1.165, 1.54) is 6.07 Å². The van der Waals surface area contributed by atoms with E-state index in [1.807, 2.05) is 30.6 Å². The summed E-state index contributed by atoms with van der Waals surface area (Å²) in [5.41, 5.74) is 3.32. The van der Waals surface area contributed by atoms with Gasteiger partial charge in [0.05, 0.1) is 6.10 Å². The summed E-state index contributed by atoms with van der Waals surface area (Å²) in [6.07, 6.45) is 6.70. The Balaban J connectivity index is 1.27. The highest BCUT2D eigenvalue weighted by atomic mass is 19.1. The average molecular weight is 519 g/mol. The third-order valence-electron chi connectivity index (χ3n) is 7.82. The standard InChI is InChI=1S/C28H35FN8O/c29-26-2-1-23-13-21(26)18-36-11-9-35(10-12-36)8-7-30-5-4-24-15-25(38)19-37(24)28-32-16-22(17-33-28)20-3-6-31-27(14-20)34-23/h1-3,6,13-14,16-17,24-25,30,38H,4-5,7-12,15,18-19H2,(H,31,34). The Kier molecular flexibility index (Phi) is 7.46. The maximum Gasteiger partial charge on any atom is 0.225 e. The number of rotatable bonds is 0. The fraction of sp³-hybridized carbons (Fsp3) is 0.464. The van der Waals surface area contributed by atoms with Crippen LogP contribution < -0.4 is 15.5 Å². The molecular formula is C28H35FN8O. The Morgan fingerprint density at radius 3 is 2.55 bits per heavy atom. The van der Waals surface area contributed by atoms with Gasteiger partial charge >= 0.3 is 0 Å². The Bertz CT molecular complexity index is 1230. The van der Waals surface area contributed by atoms with Gasteiger partial charge in [0.1, 0.15) is 11.6 Å². The zero-order valence-electron chi connectivity index (χ0n) is 21.6. The van der Waals surface area contributed by atoms with Crippen LogP contribution in [0.3, 0.4) is 0 Å². The fourth-order valence-corrected chi connectivity index (χ4v) is 5.67. The van der Waals surface area contributed by atoms with Gasteiger partial charge < -0.3 is 20.6 Å². The minimum Gasteiger partial charge on any atom is -0.391 e. The largest absolute Gasteiger partial charge is 0.391 e. The van der Waals surface area contributed by atoms with Crippen LogP contribution in [0.5, 0.6) is 0 Å². The quantitative estimate of drug-likeness (QED) is 0.415. The predicted molar refractivity (Wildman–Crippen MR) is 146 cm³/mol. The minimum absolute atomic E-state index is 0.181. The molecule has 0 amide bonds. The number of hydrogen-bond acceptors (Lipinski definition) is 9. The number of aliphatic hydroxyl groups is 1. The zero-order chi connectivity index (χ0) is 25.9. The zero-order valence-corrected chi connectivity index (χ0v) is 21.6. The van der Waals surface area contributed by atoms with E-state index < -0.39 is 0 Å². The van der Waals surface area contributed by atoms with Gasteiger partial charge in [-0.25, -0.2) is 19.3 Å². The van der Waals surface area contributed by atoms with E-state index in [0.717, 1.165) is 75.5 Å². The van der Waals surface area contributed by atoms with Gasteiger partial charge in [-0.15, -0.1) is 0 Å². The normalized spacial score (nSPS) is 26.1. The Hall–Kier alpha value is -3.18. The van der Waals surface area contributed by atoms with E-state index in [2.05, 4.69) is 40.3 Å². The van der Waals surface area contributed by atoms with Crippen LogP contribution in [0, 0.1) is 5.82 Å². The Morgan fingerprint density at radius 1 is 0.895 bits per heavy atom. The minimum atomic E-state index is -0.362. The van der Waals surface area contributed by atoms with E-state index in [9.17, 15) is 9.50 Å². The summed E-state index contributed by atoms with van der Waals surface area (Å²) in [5, 5.41) is 17.3. The number of halogens is 1. The molecule has 10 heteroatoms. The van der Waals surface area contributed by atoms with Gasteiger partial charge in [0.25, 0.3) is 0 Å². The monoisotopic (exact) mass is 518 g/mol. The lowest BCUT2D eigenvalue weighted by Crippen LogP contribution is -2.47. The molecule has 0 saturated carbocycles. The molecule has 6 aliphatic rings. The lowest BCUT2D eigenvalue weighted by molar-refractivity contribution is 0.127. The topological polar surface area (TPSA) is 92.7 Å². The van der Waals surface area contributed by atoms with E-state index in [0.29, 0.717) is 30.4 Å². The summed E-state index contributed by atoms with van der Waals surface area (Å²) in [6, 6.07) is 9.24. The Labute approximate surface area is 222 Å². The van der Waals surface area contributed by atoms with Gasteiger partial charge in [-0.3, -0.25) is 9.80 Å². The van der Waals surface area contributed by atoms with Crippen LogP contribution in [0.25, 0.3) is 11.1 Å². The summed E-state index contributed by atoms with van der Waals surface area (Å²) in [7, 11) is 0. The molecule has 3 aromatic rings. The second-order valence-electron chi connectivity index (χ2n) is 10.5. The molecule has 0 radical (unpaired) electrons. The molecule has 0 spiro atoms. The first-order chi connectivity index (χ1) is 18.6. The number of piperazine rings is 1. The number of nitrogens with zero attached hydrogens (tertiary/aromatic N) is 6. The van der Waals surface area contributed by atoms with E-state index in [4.69, 9.17) is 0 Å². The second kappa shape index (κ2) is 11.3. The number of pyridine rings is 1. The van der Waals surface area contributed by atoms with Gasteiger partial charge in [0, 0.05) is 93.8 Å². The number of hydrogen-bond donors (Lipinski definition) is 3. The van der Waals surface area contributed by atoms with Crippen LogP contribution in [0.2, 0.25) is 0 Å². The maximum absolute atomic E-state index is 14.7.